The molecule has 0 atom stereocenters. The minimum atomic E-state index is -0.924. The van der Waals surface area contributed by atoms with E-state index in [0.717, 1.165) is 16.9 Å². The lowest BCUT2D eigenvalue weighted by Gasteiger charge is -2.27. The van der Waals surface area contributed by atoms with Gasteiger partial charge in [-0.1, -0.05) is 65.8 Å². The number of ether oxygens (including phenoxy) is 1. The summed E-state index contributed by atoms with van der Waals surface area (Å²) in [6.07, 6.45) is 0. The van der Waals surface area contributed by atoms with Crippen molar-refractivity contribution in [3.8, 4) is 5.75 Å². The highest BCUT2D eigenvalue weighted by molar-refractivity contribution is 5.87. The molecular weight excluding hydrogens is 312 g/mol. The van der Waals surface area contributed by atoms with Crippen molar-refractivity contribution < 1.29 is 14.6 Å². The average Bonchev–Trinajstić information content (AvgIpc) is 2.51. The number of carbonyl (C=O) groups is 1. The minimum Gasteiger partial charge on any atom is -0.489 e. The average molecular weight is 340 g/mol. The number of hydrogen-bond donors (Lipinski definition) is 1. The van der Waals surface area contributed by atoms with E-state index in [1.807, 2.05) is 12.1 Å². The monoisotopic (exact) mass is 340 g/mol. The molecule has 0 saturated carbocycles. The van der Waals surface area contributed by atoms with Crippen LogP contribution < -0.4 is 4.74 Å². The molecule has 0 fully saturated rings. The predicted molar refractivity (Wildman–Crippen MR) is 102 cm³/mol. The van der Waals surface area contributed by atoms with E-state index in [0.29, 0.717) is 6.61 Å². The van der Waals surface area contributed by atoms with E-state index in [1.165, 1.54) is 5.56 Å². The van der Waals surface area contributed by atoms with E-state index in [4.69, 9.17) is 9.84 Å². The third-order valence-electron chi connectivity index (χ3n) is 4.22. The molecular formula is C22H28O3. The van der Waals surface area contributed by atoms with Gasteiger partial charge in [0.25, 0.3) is 0 Å². The summed E-state index contributed by atoms with van der Waals surface area (Å²) >= 11 is 0. The van der Waals surface area contributed by atoms with Crippen LogP contribution in [0.25, 0.3) is 0 Å². The van der Waals surface area contributed by atoms with Crippen LogP contribution in [0.3, 0.4) is 0 Å². The molecule has 3 heteroatoms. The molecule has 0 aromatic heterocycles. The predicted octanol–water partition coefficient (Wildman–Crippen LogP) is 5.56. The summed E-state index contributed by atoms with van der Waals surface area (Å²) in [5.74, 6) is -0.0759. The first kappa shape index (κ1) is 19.0. The van der Waals surface area contributed by atoms with Crippen molar-refractivity contribution >= 4 is 5.97 Å². The van der Waals surface area contributed by atoms with E-state index < -0.39 is 5.97 Å². The number of aromatic carboxylic acids is 1. The van der Waals surface area contributed by atoms with Gasteiger partial charge in [-0.15, -0.1) is 0 Å². The first-order valence-corrected chi connectivity index (χ1v) is 8.58. The van der Waals surface area contributed by atoms with Gasteiger partial charge in [0.1, 0.15) is 12.4 Å². The normalized spacial score (nSPS) is 12.1. The summed E-state index contributed by atoms with van der Waals surface area (Å²) in [6.45, 7) is 13.5. The molecule has 2 aromatic carbocycles. The Kier molecular flexibility index (Phi) is 5.26. The van der Waals surface area contributed by atoms with Crippen molar-refractivity contribution in [2.75, 3.05) is 0 Å². The maximum Gasteiger partial charge on any atom is 0.335 e. The number of hydrogen-bond acceptors (Lipinski definition) is 2. The molecule has 2 aromatic rings. The molecule has 0 unspecified atom stereocenters. The van der Waals surface area contributed by atoms with Crippen LogP contribution in [0.15, 0.2) is 42.5 Å². The van der Waals surface area contributed by atoms with Gasteiger partial charge in [0.15, 0.2) is 0 Å². The van der Waals surface area contributed by atoms with Gasteiger partial charge in [-0.05, 0) is 45.7 Å². The Morgan fingerprint density at radius 3 is 2.20 bits per heavy atom. The molecule has 0 bridgehead atoms. The molecule has 25 heavy (non-hydrogen) atoms. The first-order chi connectivity index (χ1) is 11.5. The molecule has 0 heterocycles. The summed E-state index contributed by atoms with van der Waals surface area (Å²) in [6, 6.07) is 13.2. The number of benzene rings is 2. The van der Waals surface area contributed by atoms with Gasteiger partial charge in [-0.25, -0.2) is 4.79 Å². The van der Waals surface area contributed by atoms with E-state index >= 15 is 0 Å². The van der Waals surface area contributed by atoms with Gasteiger partial charge in [0.2, 0.25) is 0 Å². The highest BCUT2D eigenvalue weighted by Gasteiger charge is 2.23. The van der Waals surface area contributed by atoms with Crippen LogP contribution in [0.5, 0.6) is 5.75 Å². The highest BCUT2D eigenvalue weighted by atomic mass is 16.5. The minimum absolute atomic E-state index is 0.0422. The van der Waals surface area contributed by atoms with Crippen molar-refractivity contribution in [3.05, 3.63) is 64.7 Å². The SMILES string of the molecule is CC(C)(C)c1ccc(OCc2cccc(C(=O)O)c2)c(C(C)(C)C)c1. The third kappa shape index (κ3) is 4.85. The quantitative estimate of drug-likeness (QED) is 0.792. The van der Waals surface area contributed by atoms with Gasteiger partial charge >= 0.3 is 5.97 Å². The van der Waals surface area contributed by atoms with Gasteiger partial charge in [-0.2, -0.15) is 0 Å². The van der Waals surface area contributed by atoms with Crippen LogP contribution in [0.2, 0.25) is 0 Å². The van der Waals surface area contributed by atoms with E-state index in [9.17, 15) is 4.79 Å². The second-order valence-electron chi connectivity index (χ2n) is 8.51. The lowest BCUT2D eigenvalue weighted by Crippen LogP contribution is -2.17. The molecule has 0 spiro atoms. The lowest BCUT2D eigenvalue weighted by atomic mass is 9.80. The van der Waals surface area contributed by atoms with Gasteiger partial charge < -0.3 is 9.84 Å². The summed E-state index contributed by atoms with van der Waals surface area (Å²) in [5, 5.41) is 9.11. The van der Waals surface area contributed by atoms with Gasteiger partial charge in [-0.3, -0.25) is 0 Å². The Bertz CT molecular complexity index is 762. The van der Waals surface area contributed by atoms with E-state index in [1.54, 1.807) is 18.2 Å². The molecule has 3 nitrogen and oxygen atoms in total. The van der Waals surface area contributed by atoms with Gasteiger partial charge in [0, 0.05) is 0 Å². The van der Waals surface area contributed by atoms with Crippen molar-refractivity contribution in [2.24, 2.45) is 0 Å². The molecule has 1 N–H and O–H groups in total. The fourth-order valence-corrected chi connectivity index (χ4v) is 2.66. The number of carboxylic acid groups (broad SMARTS) is 1. The topological polar surface area (TPSA) is 46.5 Å². The van der Waals surface area contributed by atoms with Crippen LogP contribution in [0.1, 0.15) is 68.6 Å². The van der Waals surface area contributed by atoms with Crippen LogP contribution in [-0.2, 0) is 17.4 Å². The Balaban J connectivity index is 2.30. The number of rotatable bonds is 4. The first-order valence-electron chi connectivity index (χ1n) is 8.58. The summed E-state index contributed by atoms with van der Waals surface area (Å²) in [7, 11) is 0. The lowest BCUT2D eigenvalue weighted by molar-refractivity contribution is 0.0696. The van der Waals surface area contributed by atoms with Crippen molar-refractivity contribution in [1.82, 2.24) is 0 Å². The Labute approximate surface area is 150 Å². The second kappa shape index (κ2) is 6.91. The maximum absolute atomic E-state index is 11.1. The highest BCUT2D eigenvalue weighted by Crippen LogP contribution is 2.35. The van der Waals surface area contributed by atoms with Crippen LogP contribution >= 0.6 is 0 Å². The molecule has 0 aliphatic heterocycles. The Morgan fingerprint density at radius 1 is 0.960 bits per heavy atom. The Morgan fingerprint density at radius 2 is 1.64 bits per heavy atom. The zero-order chi connectivity index (χ0) is 18.8. The van der Waals surface area contributed by atoms with Gasteiger partial charge in [0.05, 0.1) is 5.56 Å². The van der Waals surface area contributed by atoms with Crippen molar-refractivity contribution in [2.45, 2.75) is 59.0 Å². The van der Waals surface area contributed by atoms with E-state index in [2.05, 4.69) is 53.7 Å². The van der Waals surface area contributed by atoms with Crippen molar-refractivity contribution in [3.63, 3.8) is 0 Å². The molecule has 0 saturated heterocycles. The molecule has 2 rings (SSSR count). The van der Waals surface area contributed by atoms with E-state index in [-0.39, 0.29) is 16.4 Å². The largest absolute Gasteiger partial charge is 0.489 e. The van der Waals surface area contributed by atoms with Crippen LogP contribution in [-0.4, -0.2) is 11.1 Å². The van der Waals surface area contributed by atoms with Crippen molar-refractivity contribution in [1.29, 1.82) is 0 Å². The fourth-order valence-electron chi connectivity index (χ4n) is 2.66. The maximum atomic E-state index is 11.1. The summed E-state index contributed by atoms with van der Waals surface area (Å²) < 4.78 is 6.06. The zero-order valence-corrected chi connectivity index (χ0v) is 16.0. The molecule has 0 aliphatic rings. The number of carboxylic acids is 1. The summed E-state index contributed by atoms with van der Waals surface area (Å²) in [4.78, 5) is 11.1. The molecule has 0 radical (unpaired) electrons. The fraction of sp³-hybridized carbons (Fsp3) is 0.409. The van der Waals surface area contributed by atoms with Crippen LogP contribution in [0.4, 0.5) is 0 Å². The molecule has 0 amide bonds. The smallest absolute Gasteiger partial charge is 0.335 e. The summed E-state index contributed by atoms with van der Waals surface area (Å²) in [5.41, 5.74) is 3.60. The molecule has 134 valence electrons. The standard InChI is InChI=1S/C22H28O3/c1-21(2,3)17-10-11-19(18(13-17)22(4,5)6)25-14-15-8-7-9-16(12-15)20(23)24/h7-13H,14H2,1-6H3,(H,23,24). The Hall–Kier alpha value is -2.29. The zero-order valence-electron chi connectivity index (χ0n) is 16.0. The second-order valence-corrected chi connectivity index (χ2v) is 8.51. The molecule has 0 aliphatic carbocycles. The van der Waals surface area contributed by atoms with Crippen LogP contribution in [0, 0.1) is 0 Å². The third-order valence-corrected chi connectivity index (χ3v) is 4.22.